The highest BCUT2D eigenvalue weighted by atomic mass is 32.3. The summed E-state index contributed by atoms with van der Waals surface area (Å²) in [7, 11) is -4.04. The van der Waals surface area contributed by atoms with E-state index in [0.29, 0.717) is 251 Å². The van der Waals surface area contributed by atoms with E-state index in [0.717, 1.165) is 17.7 Å². The molecule has 0 aliphatic rings. The van der Waals surface area contributed by atoms with Crippen LogP contribution in [-0.2, 0) is 124 Å². The first-order valence-electron chi connectivity index (χ1n) is 30.2. The Kier molecular flexibility index (Phi) is 63.7. The molecule has 1 unspecified atom stereocenters. The summed E-state index contributed by atoms with van der Waals surface area (Å²) in [5.41, 5.74) is 2.49. The molecular formula is C58H110NO24S+2. The van der Waals surface area contributed by atoms with Crippen LogP contribution in [0.15, 0.2) is 24.3 Å². The SMILES string of the molecule is C/C=C/c1cc(CCCCCCCCC)ccc1OCCOCCOCCOCCOCCOCCOCCOCCOCCOCCOCCOCCOCCOCCOCCOCCOCCOCCOCCOCCO[S+]([O])(=O)O[NH3+]. The van der Waals surface area contributed by atoms with Gasteiger partial charge in [-0.2, -0.15) is 5.90 Å². The minimum Gasteiger partial charge on any atom is -0.491 e. The number of hydrogen-bond acceptors (Lipinski definition) is 23. The molecule has 0 saturated carbocycles. The number of unbranched alkanes of at least 4 members (excludes halogenated alkanes) is 6. The fourth-order valence-corrected chi connectivity index (χ4v) is 7.32. The summed E-state index contributed by atoms with van der Waals surface area (Å²) in [5, 5.41) is 0. The summed E-state index contributed by atoms with van der Waals surface area (Å²) in [6, 6.07) is 6.53. The Morgan fingerprint density at radius 2 is 0.607 bits per heavy atom. The van der Waals surface area contributed by atoms with E-state index < -0.39 is 10.8 Å². The maximum absolute atomic E-state index is 10.9. The smallest absolute Gasteiger partial charge is 0.491 e. The molecule has 1 aromatic carbocycles. The van der Waals surface area contributed by atoms with Crippen LogP contribution >= 0.6 is 0 Å². The number of benzene rings is 1. The minimum absolute atomic E-state index is 0.0817. The number of ether oxygens (including phenoxy) is 20. The van der Waals surface area contributed by atoms with Crippen LogP contribution in [0.4, 0.5) is 0 Å². The Morgan fingerprint density at radius 1 is 0.357 bits per heavy atom. The Morgan fingerprint density at radius 3 is 0.869 bits per heavy atom. The van der Waals surface area contributed by atoms with E-state index in [9.17, 15) is 8.76 Å². The third-order valence-electron chi connectivity index (χ3n) is 11.3. The third kappa shape index (κ3) is 60.3. The molecule has 1 atom stereocenters. The Hall–Kier alpha value is -2.01. The molecule has 0 aliphatic heterocycles. The molecule has 1 aromatic rings. The first kappa shape index (κ1) is 80.0. The van der Waals surface area contributed by atoms with Gasteiger partial charge in [0, 0.05) is 9.77 Å². The summed E-state index contributed by atoms with van der Waals surface area (Å²) >= 11 is 0. The van der Waals surface area contributed by atoms with Gasteiger partial charge in [0.25, 0.3) is 0 Å². The zero-order valence-electron chi connectivity index (χ0n) is 51.2. The van der Waals surface area contributed by atoms with Gasteiger partial charge in [-0.25, -0.2) is 0 Å². The quantitative estimate of drug-likeness (QED) is 0.0531. The second kappa shape index (κ2) is 66.9. The lowest BCUT2D eigenvalue weighted by molar-refractivity contribution is -0.640. The van der Waals surface area contributed by atoms with Crippen molar-refractivity contribution in [3.05, 3.63) is 35.4 Å². The lowest BCUT2D eigenvalue weighted by atomic mass is 10.0. The fraction of sp³-hybridized carbons (Fsp3) is 0.862. The summed E-state index contributed by atoms with van der Waals surface area (Å²) in [6.45, 7) is 22.0. The second-order valence-corrected chi connectivity index (χ2v) is 19.4. The van der Waals surface area contributed by atoms with Crippen LogP contribution in [-0.4, -0.2) is 264 Å². The van der Waals surface area contributed by atoms with Gasteiger partial charge in [-0.3, -0.25) is 0 Å². The minimum atomic E-state index is -4.04. The highest BCUT2D eigenvalue weighted by molar-refractivity contribution is 7.88. The van der Waals surface area contributed by atoms with Gasteiger partial charge < -0.3 is 94.7 Å². The molecule has 0 spiro atoms. The van der Waals surface area contributed by atoms with Crippen molar-refractivity contribution in [1.29, 1.82) is 0 Å². The highest BCUT2D eigenvalue weighted by Crippen LogP contribution is 2.23. The molecule has 0 heterocycles. The maximum Gasteiger partial charge on any atom is 0.597 e. The van der Waals surface area contributed by atoms with E-state index in [1.807, 2.05) is 6.92 Å². The molecule has 0 aromatic heterocycles. The van der Waals surface area contributed by atoms with Crippen molar-refractivity contribution in [2.24, 2.45) is 0 Å². The van der Waals surface area contributed by atoms with Crippen molar-refractivity contribution in [3.8, 4) is 5.75 Å². The van der Waals surface area contributed by atoms with Gasteiger partial charge >= 0.3 is 10.8 Å². The predicted octanol–water partition coefficient (Wildman–Crippen LogP) is 4.57. The standard InChI is InChI=1S/C58H110NO24S/c1-3-5-6-7-8-9-10-12-56-13-14-58(57(55-56)11-4-2)81-53-51-79-49-47-77-45-43-75-41-39-73-37-35-71-33-31-69-29-27-67-25-23-65-21-19-63-17-15-62-16-18-64-20-22-66-24-26-68-28-30-70-32-34-72-36-38-74-40-42-76-44-46-78-48-50-80-52-54-82-84(60,61)83-59/h4,11,13-14,55H,3,5-10,12,15-54H2,1-2,59H3/q+2/b11-4+. The largest absolute Gasteiger partial charge is 0.597 e. The van der Waals surface area contributed by atoms with E-state index in [4.69, 9.17) is 94.7 Å². The van der Waals surface area contributed by atoms with Gasteiger partial charge in [-0.05, 0) is 37.5 Å². The monoisotopic (exact) mass is 1240 g/mol. The van der Waals surface area contributed by atoms with Crippen molar-refractivity contribution in [2.75, 3.05) is 264 Å². The molecular weight excluding hydrogens is 1130 g/mol. The number of hydrogen-bond donors (Lipinski definition) is 1. The van der Waals surface area contributed by atoms with Gasteiger partial charge in [0.05, 0.1) is 255 Å². The highest BCUT2D eigenvalue weighted by Gasteiger charge is 2.35. The molecule has 1 radical (unpaired) electrons. The van der Waals surface area contributed by atoms with Crippen molar-refractivity contribution >= 4 is 16.9 Å². The topological polar surface area (TPSA) is 268 Å². The zero-order valence-corrected chi connectivity index (χ0v) is 52.1. The molecule has 0 saturated heterocycles. The normalized spacial score (nSPS) is 12.6. The van der Waals surface area contributed by atoms with Crippen LogP contribution in [0.2, 0.25) is 0 Å². The van der Waals surface area contributed by atoms with E-state index in [1.54, 1.807) is 0 Å². The van der Waals surface area contributed by atoms with Gasteiger partial charge in [-0.1, -0.05) is 63.7 Å². The Bertz CT molecular complexity index is 1550. The number of allylic oxidation sites excluding steroid dienone is 1. The van der Waals surface area contributed by atoms with Crippen molar-refractivity contribution in [3.63, 3.8) is 0 Å². The number of aryl methyl sites for hydroxylation is 1. The lowest BCUT2D eigenvalue weighted by Gasteiger charge is -2.12. The Labute approximate surface area is 503 Å². The van der Waals surface area contributed by atoms with Crippen molar-refractivity contribution < 1.29 is 118 Å². The summed E-state index contributed by atoms with van der Waals surface area (Å²) in [5.74, 6) is 3.67. The average molecular weight is 1240 g/mol. The summed E-state index contributed by atoms with van der Waals surface area (Å²) in [6.07, 6.45) is 14.5. The van der Waals surface area contributed by atoms with Crippen LogP contribution in [0.3, 0.4) is 0 Å². The first-order chi connectivity index (χ1) is 41.5. The summed E-state index contributed by atoms with van der Waals surface area (Å²) in [4.78, 5) is 0. The molecule has 25 nitrogen and oxygen atoms in total. The van der Waals surface area contributed by atoms with Gasteiger partial charge in [0.1, 0.15) is 23.5 Å². The van der Waals surface area contributed by atoms with E-state index in [1.165, 1.54) is 50.5 Å². The fourth-order valence-electron chi connectivity index (χ4n) is 6.98. The van der Waals surface area contributed by atoms with Crippen molar-refractivity contribution in [1.82, 2.24) is 0 Å². The third-order valence-corrected chi connectivity index (χ3v) is 12.0. The van der Waals surface area contributed by atoms with Crippen LogP contribution in [0, 0.1) is 0 Å². The second-order valence-electron chi connectivity index (χ2n) is 18.1. The summed E-state index contributed by atoms with van der Waals surface area (Å²) < 4.78 is 141. The molecule has 1 rings (SSSR count). The molecule has 3 N–H and O–H groups in total. The molecule has 0 amide bonds. The average Bonchev–Trinajstić information content (AvgIpc) is 3.50. The number of rotatable bonds is 72. The predicted molar refractivity (Wildman–Crippen MR) is 313 cm³/mol. The first-order valence-corrected chi connectivity index (χ1v) is 31.5. The van der Waals surface area contributed by atoms with E-state index >= 15 is 0 Å². The van der Waals surface area contributed by atoms with Crippen LogP contribution in [0.1, 0.15) is 69.9 Å². The van der Waals surface area contributed by atoms with Gasteiger partial charge in [0.15, 0.2) is 0 Å². The van der Waals surface area contributed by atoms with Crippen molar-refractivity contribution in [2.45, 2.75) is 65.2 Å². The maximum atomic E-state index is 10.9. The lowest BCUT2D eigenvalue weighted by Crippen LogP contribution is -2.53. The van der Waals surface area contributed by atoms with E-state index in [-0.39, 0.29) is 13.2 Å². The van der Waals surface area contributed by atoms with Crippen LogP contribution in [0.5, 0.6) is 5.75 Å². The van der Waals surface area contributed by atoms with Crippen LogP contribution in [0.25, 0.3) is 6.08 Å². The Balaban J connectivity index is 1.66. The molecule has 26 heteroatoms. The molecule has 0 bridgehead atoms. The van der Waals surface area contributed by atoms with Crippen LogP contribution < -0.4 is 10.6 Å². The number of quaternary nitrogens is 1. The molecule has 84 heavy (non-hydrogen) atoms. The van der Waals surface area contributed by atoms with Gasteiger partial charge in [-0.15, -0.1) is 4.18 Å². The molecule has 0 fully saturated rings. The van der Waals surface area contributed by atoms with Gasteiger partial charge in [0.2, 0.25) is 0 Å². The zero-order chi connectivity index (χ0) is 60.3. The molecule has 0 aliphatic carbocycles. The van der Waals surface area contributed by atoms with E-state index in [2.05, 4.69) is 51.6 Å². The molecule has 495 valence electrons.